The van der Waals surface area contributed by atoms with Crippen molar-refractivity contribution < 1.29 is 4.74 Å². The molecule has 0 radical (unpaired) electrons. The van der Waals surface area contributed by atoms with E-state index >= 15 is 0 Å². The number of hydrogen-bond acceptors (Lipinski definition) is 6. The summed E-state index contributed by atoms with van der Waals surface area (Å²) < 4.78 is 6.08. The predicted octanol–water partition coefficient (Wildman–Crippen LogP) is 4.55. The van der Waals surface area contributed by atoms with Gasteiger partial charge in [-0.1, -0.05) is 19.9 Å². The van der Waals surface area contributed by atoms with Crippen LogP contribution in [-0.4, -0.2) is 38.1 Å². The van der Waals surface area contributed by atoms with Crippen LogP contribution in [-0.2, 0) is 6.54 Å². The molecule has 0 spiro atoms. The number of aromatic nitrogens is 5. The summed E-state index contributed by atoms with van der Waals surface area (Å²) in [5, 5.41) is 0. The fourth-order valence-electron chi connectivity index (χ4n) is 4.33. The first-order valence-corrected chi connectivity index (χ1v) is 10.6. The third-order valence-corrected chi connectivity index (χ3v) is 5.77. The van der Waals surface area contributed by atoms with Gasteiger partial charge >= 0.3 is 0 Å². The van der Waals surface area contributed by atoms with Crippen molar-refractivity contribution in [3.63, 3.8) is 0 Å². The van der Waals surface area contributed by atoms with Crippen molar-refractivity contribution in [2.75, 3.05) is 18.1 Å². The Hall–Kier alpha value is -3.48. The third kappa shape index (κ3) is 3.60. The van der Waals surface area contributed by atoms with E-state index in [1.807, 2.05) is 13.1 Å². The molecule has 0 saturated carbocycles. The monoisotopic (exact) mass is 414 g/mol. The fraction of sp³-hybridized carbons (Fsp3) is 0.333. The summed E-state index contributed by atoms with van der Waals surface area (Å²) >= 11 is 0. The molecule has 0 bridgehead atoms. The number of fused-ring (bicyclic) bond motifs is 2. The van der Waals surface area contributed by atoms with Gasteiger partial charge in [0.2, 0.25) is 0 Å². The maximum atomic E-state index is 6.08. The zero-order chi connectivity index (χ0) is 21.5. The number of aromatic amines is 1. The Labute approximate surface area is 181 Å². The Bertz CT molecular complexity index is 1260. The molecule has 158 valence electrons. The minimum Gasteiger partial charge on any atom is -0.491 e. The highest BCUT2D eigenvalue weighted by Crippen LogP contribution is 2.33. The Morgan fingerprint density at radius 3 is 2.77 bits per heavy atom. The van der Waals surface area contributed by atoms with Crippen molar-refractivity contribution in [2.24, 2.45) is 0 Å². The van der Waals surface area contributed by atoms with E-state index < -0.39 is 0 Å². The summed E-state index contributed by atoms with van der Waals surface area (Å²) in [6.45, 7) is 10.5. The number of H-pyrrole nitrogens is 1. The van der Waals surface area contributed by atoms with Crippen LogP contribution >= 0.6 is 0 Å². The zero-order valence-corrected chi connectivity index (χ0v) is 18.3. The van der Waals surface area contributed by atoms with Gasteiger partial charge in [0, 0.05) is 35.1 Å². The highest BCUT2D eigenvalue weighted by molar-refractivity contribution is 5.78. The molecule has 4 heterocycles. The van der Waals surface area contributed by atoms with E-state index in [9.17, 15) is 0 Å². The first-order chi connectivity index (χ1) is 15.0. The lowest BCUT2D eigenvalue weighted by atomic mass is 10.0. The van der Waals surface area contributed by atoms with Gasteiger partial charge in [0.05, 0.1) is 12.1 Å². The minimum absolute atomic E-state index is 0.349. The standard InChI is InChI=1S/C24H26N6O/c1-14(2)22-15(3)26-13-27-24(22)30-7-8-31-21-6-5-17(9-19(21)12-30)18-10-20-23(25-11-18)29-16(4)28-20/h5-6,9-11,13-14H,7-8,12H2,1-4H3,(H,25,28,29). The Balaban J connectivity index is 1.53. The Morgan fingerprint density at radius 2 is 1.94 bits per heavy atom. The number of anilines is 1. The van der Waals surface area contributed by atoms with Crippen molar-refractivity contribution in [2.45, 2.75) is 40.2 Å². The number of nitrogens with zero attached hydrogens (tertiary/aromatic N) is 5. The number of pyridine rings is 1. The molecule has 0 fully saturated rings. The highest BCUT2D eigenvalue weighted by atomic mass is 16.5. The third-order valence-electron chi connectivity index (χ3n) is 5.77. The van der Waals surface area contributed by atoms with Crippen LogP contribution in [0.15, 0.2) is 36.8 Å². The van der Waals surface area contributed by atoms with Crippen molar-refractivity contribution in [3.05, 3.63) is 59.4 Å². The van der Waals surface area contributed by atoms with E-state index in [0.717, 1.165) is 64.0 Å². The summed E-state index contributed by atoms with van der Waals surface area (Å²) in [6, 6.07) is 8.45. The van der Waals surface area contributed by atoms with Crippen LogP contribution < -0.4 is 9.64 Å². The Kier molecular flexibility index (Phi) is 4.81. The van der Waals surface area contributed by atoms with Crippen LogP contribution in [0.2, 0.25) is 0 Å². The molecule has 31 heavy (non-hydrogen) atoms. The molecule has 0 saturated heterocycles. The number of rotatable bonds is 3. The van der Waals surface area contributed by atoms with Gasteiger partial charge in [0.25, 0.3) is 0 Å². The average molecular weight is 415 g/mol. The van der Waals surface area contributed by atoms with Gasteiger partial charge in [-0.05, 0) is 43.5 Å². The highest BCUT2D eigenvalue weighted by Gasteiger charge is 2.22. The maximum Gasteiger partial charge on any atom is 0.177 e. The molecule has 0 atom stereocenters. The molecule has 1 N–H and O–H groups in total. The van der Waals surface area contributed by atoms with E-state index in [1.54, 1.807) is 6.33 Å². The van der Waals surface area contributed by atoms with Crippen molar-refractivity contribution in [1.29, 1.82) is 0 Å². The molecular weight excluding hydrogens is 388 g/mol. The van der Waals surface area contributed by atoms with Gasteiger partial charge in [-0.15, -0.1) is 0 Å². The molecular formula is C24H26N6O. The molecule has 7 heteroatoms. The summed E-state index contributed by atoms with van der Waals surface area (Å²) in [5.74, 6) is 3.14. The lowest BCUT2D eigenvalue weighted by Gasteiger charge is -2.25. The van der Waals surface area contributed by atoms with Crippen LogP contribution in [0.3, 0.4) is 0 Å². The van der Waals surface area contributed by atoms with Gasteiger partial charge < -0.3 is 14.6 Å². The topological polar surface area (TPSA) is 79.8 Å². The number of nitrogens with one attached hydrogen (secondary N) is 1. The quantitative estimate of drug-likeness (QED) is 0.530. The van der Waals surface area contributed by atoms with Gasteiger partial charge in [-0.25, -0.2) is 19.9 Å². The predicted molar refractivity (Wildman–Crippen MR) is 121 cm³/mol. The lowest BCUT2D eigenvalue weighted by Crippen LogP contribution is -2.28. The first kappa shape index (κ1) is 19.5. The van der Waals surface area contributed by atoms with Gasteiger partial charge in [0.15, 0.2) is 5.65 Å². The van der Waals surface area contributed by atoms with Crippen LogP contribution in [0.4, 0.5) is 5.82 Å². The molecule has 1 aliphatic heterocycles. The SMILES string of the molecule is Cc1nc2ncc(-c3ccc4c(c3)CN(c3ncnc(C)c3C(C)C)CCO4)cc2[nH]1. The second-order valence-electron chi connectivity index (χ2n) is 8.36. The van der Waals surface area contributed by atoms with Crippen LogP contribution in [0, 0.1) is 13.8 Å². The number of aryl methyl sites for hydroxylation is 2. The van der Waals surface area contributed by atoms with Crippen LogP contribution in [0.25, 0.3) is 22.3 Å². The zero-order valence-electron chi connectivity index (χ0n) is 18.3. The van der Waals surface area contributed by atoms with E-state index in [1.165, 1.54) is 5.56 Å². The van der Waals surface area contributed by atoms with E-state index in [2.05, 4.69) is 74.9 Å². The van der Waals surface area contributed by atoms with E-state index in [-0.39, 0.29) is 0 Å². The molecule has 0 unspecified atom stereocenters. The molecule has 5 rings (SSSR count). The van der Waals surface area contributed by atoms with Crippen LogP contribution in [0.1, 0.15) is 42.4 Å². The second kappa shape index (κ2) is 7.65. The number of imidazole rings is 1. The largest absolute Gasteiger partial charge is 0.491 e. The van der Waals surface area contributed by atoms with Gasteiger partial charge in [-0.3, -0.25) is 0 Å². The molecule has 4 aromatic rings. The maximum absolute atomic E-state index is 6.08. The second-order valence-corrected chi connectivity index (χ2v) is 8.36. The van der Waals surface area contributed by atoms with Gasteiger partial charge in [0.1, 0.15) is 30.3 Å². The number of benzene rings is 1. The molecule has 1 aliphatic rings. The van der Waals surface area contributed by atoms with Crippen molar-refractivity contribution in [3.8, 4) is 16.9 Å². The average Bonchev–Trinajstić information content (AvgIpc) is 2.98. The first-order valence-electron chi connectivity index (χ1n) is 10.6. The molecule has 0 amide bonds. The summed E-state index contributed by atoms with van der Waals surface area (Å²) in [4.78, 5) is 23.6. The van der Waals surface area contributed by atoms with E-state index in [0.29, 0.717) is 12.5 Å². The van der Waals surface area contributed by atoms with Crippen LogP contribution in [0.5, 0.6) is 5.75 Å². The molecule has 1 aromatic carbocycles. The normalized spacial score (nSPS) is 13.9. The van der Waals surface area contributed by atoms with E-state index in [4.69, 9.17) is 4.74 Å². The Morgan fingerprint density at radius 1 is 1.06 bits per heavy atom. The summed E-state index contributed by atoms with van der Waals surface area (Å²) in [6.07, 6.45) is 3.54. The molecule has 7 nitrogen and oxygen atoms in total. The van der Waals surface area contributed by atoms with Gasteiger partial charge in [-0.2, -0.15) is 0 Å². The fourth-order valence-corrected chi connectivity index (χ4v) is 4.33. The minimum atomic E-state index is 0.349. The summed E-state index contributed by atoms with van der Waals surface area (Å²) in [7, 11) is 0. The molecule has 3 aromatic heterocycles. The molecule has 0 aliphatic carbocycles. The summed E-state index contributed by atoms with van der Waals surface area (Å²) in [5.41, 5.74) is 7.22. The van der Waals surface area contributed by atoms with Crippen molar-refractivity contribution in [1.82, 2.24) is 24.9 Å². The van der Waals surface area contributed by atoms with Crippen molar-refractivity contribution >= 4 is 17.0 Å². The lowest BCUT2D eigenvalue weighted by molar-refractivity contribution is 0.331. The number of ether oxygens (including phenoxy) is 1. The smallest absolute Gasteiger partial charge is 0.177 e. The number of hydrogen-bond donors (Lipinski definition) is 1.